The summed E-state index contributed by atoms with van der Waals surface area (Å²) in [6, 6.07) is 11.1. The molecule has 1 nitrogen and oxygen atoms in total. The summed E-state index contributed by atoms with van der Waals surface area (Å²) in [6.45, 7) is 7.95. The fourth-order valence-electron chi connectivity index (χ4n) is 1.86. The van der Waals surface area contributed by atoms with Gasteiger partial charge in [0.25, 0.3) is 0 Å². The molecule has 1 rings (SSSR count). The minimum Gasteiger partial charge on any atom is -0.310 e. The average Bonchev–Trinajstić information content (AvgIpc) is 2.29. The Morgan fingerprint density at radius 3 is 2.31 bits per heavy atom. The second kappa shape index (κ2) is 7.45. The van der Waals surface area contributed by atoms with Gasteiger partial charge in [0.05, 0.1) is 0 Å². The van der Waals surface area contributed by atoms with Crippen molar-refractivity contribution in [2.75, 3.05) is 6.54 Å². The van der Waals surface area contributed by atoms with Crippen LogP contribution in [0.4, 0.5) is 0 Å². The van der Waals surface area contributed by atoms with Crippen molar-refractivity contribution in [2.24, 2.45) is 5.92 Å². The second-order valence-electron chi connectivity index (χ2n) is 4.98. The third kappa shape index (κ3) is 5.32. The molecule has 0 aliphatic heterocycles. The predicted molar refractivity (Wildman–Crippen MR) is 71.5 cm³/mol. The molecule has 1 N–H and O–H groups in total. The first-order chi connectivity index (χ1) is 7.70. The normalized spacial score (nSPS) is 13.0. The molecular weight excluding hydrogens is 194 g/mol. The monoisotopic (exact) mass is 219 g/mol. The summed E-state index contributed by atoms with van der Waals surface area (Å²) in [5.41, 5.74) is 1.38. The first-order valence-electron chi connectivity index (χ1n) is 6.48. The largest absolute Gasteiger partial charge is 0.310 e. The molecule has 1 heteroatoms. The number of unbranched alkanes of at least 4 members (excludes halogenated alkanes) is 1. The standard InChI is InChI=1S/C15H25N/c1-13(2)9-7-8-12-16-14(3)15-10-5-4-6-11-15/h4-6,10-11,13-14,16H,7-9,12H2,1-3H3/t14-/m1/s1. The van der Waals surface area contributed by atoms with Crippen molar-refractivity contribution < 1.29 is 0 Å². The van der Waals surface area contributed by atoms with Gasteiger partial charge < -0.3 is 5.32 Å². The van der Waals surface area contributed by atoms with E-state index in [2.05, 4.69) is 56.4 Å². The third-order valence-electron chi connectivity index (χ3n) is 2.96. The van der Waals surface area contributed by atoms with Gasteiger partial charge in [0.2, 0.25) is 0 Å². The van der Waals surface area contributed by atoms with Crippen LogP contribution in [0, 0.1) is 5.92 Å². The summed E-state index contributed by atoms with van der Waals surface area (Å²) in [6.07, 6.45) is 3.98. The molecule has 0 spiro atoms. The minimum absolute atomic E-state index is 0.472. The van der Waals surface area contributed by atoms with E-state index in [0.717, 1.165) is 12.5 Å². The molecule has 0 aliphatic carbocycles. The molecular formula is C15H25N. The molecule has 16 heavy (non-hydrogen) atoms. The molecule has 0 fully saturated rings. The van der Waals surface area contributed by atoms with Gasteiger partial charge in [-0.05, 0) is 31.4 Å². The summed E-state index contributed by atoms with van der Waals surface area (Å²) in [4.78, 5) is 0. The van der Waals surface area contributed by atoms with E-state index in [1.807, 2.05) is 0 Å². The molecule has 0 unspecified atom stereocenters. The number of rotatable bonds is 7. The highest BCUT2D eigenvalue weighted by molar-refractivity contribution is 5.17. The van der Waals surface area contributed by atoms with E-state index in [-0.39, 0.29) is 0 Å². The van der Waals surface area contributed by atoms with Gasteiger partial charge >= 0.3 is 0 Å². The summed E-state index contributed by atoms with van der Waals surface area (Å²) in [5.74, 6) is 0.839. The summed E-state index contributed by atoms with van der Waals surface area (Å²) < 4.78 is 0. The molecule has 0 heterocycles. The lowest BCUT2D eigenvalue weighted by molar-refractivity contribution is 0.498. The molecule has 1 aromatic carbocycles. The van der Waals surface area contributed by atoms with E-state index in [1.165, 1.54) is 24.8 Å². The molecule has 0 saturated carbocycles. The van der Waals surface area contributed by atoms with Gasteiger partial charge in [-0.25, -0.2) is 0 Å². The van der Waals surface area contributed by atoms with Crippen LogP contribution in [-0.4, -0.2) is 6.54 Å². The van der Waals surface area contributed by atoms with Crippen LogP contribution in [0.1, 0.15) is 51.6 Å². The highest BCUT2D eigenvalue weighted by Gasteiger charge is 2.02. The Kier molecular flexibility index (Phi) is 6.17. The Hall–Kier alpha value is -0.820. The lowest BCUT2D eigenvalue weighted by Gasteiger charge is -2.14. The first-order valence-corrected chi connectivity index (χ1v) is 6.48. The molecule has 0 amide bonds. The van der Waals surface area contributed by atoms with Gasteiger partial charge in [0, 0.05) is 6.04 Å². The highest BCUT2D eigenvalue weighted by Crippen LogP contribution is 2.11. The third-order valence-corrected chi connectivity index (χ3v) is 2.96. The van der Waals surface area contributed by atoms with Gasteiger partial charge in [-0.1, -0.05) is 57.0 Å². The molecule has 90 valence electrons. The van der Waals surface area contributed by atoms with Crippen LogP contribution in [0.5, 0.6) is 0 Å². The second-order valence-corrected chi connectivity index (χ2v) is 4.98. The van der Waals surface area contributed by atoms with Crippen molar-refractivity contribution in [3.8, 4) is 0 Å². The Morgan fingerprint density at radius 1 is 1.00 bits per heavy atom. The first kappa shape index (κ1) is 13.2. The fourth-order valence-corrected chi connectivity index (χ4v) is 1.86. The molecule has 1 atom stereocenters. The van der Waals surface area contributed by atoms with Crippen molar-refractivity contribution in [3.63, 3.8) is 0 Å². The zero-order valence-corrected chi connectivity index (χ0v) is 10.9. The fraction of sp³-hybridized carbons (Fsp3) is 0.600. The minimum atomic E-state index is 0.472. The molecule has 1 aromatic rings. The lowest BCUT2D eigenvalue weighted by atomic mass is 10.1. The SMILES string of the molecule is CC(C)CCCCN[C@H](C)c1ccccc1. The van der Waals surface area contributed by atoms with Crippen LogP contribution >= 0.6 is 0 Å². The Morgan fingerprint density at radius 2 is 1.69 bits per heavy atom. The number of hydrogen-bond donors (Lipinski definition) is 1. The van der Waals surface area contributed by atoms with Crippen molar-refractivity contribution in [1.82, 2.24) is 5.32 Å². The summed E-state index contributed by atoms with van der Waals surface area (Å²) in [7, 11) is 0. The van der Waals surface area contributed by atoms with Crippen LogP contribution in [0.3, 0.4) is 0 Å². The predicted octanol–water partition coefficient (Wildman–Crippen LogP) is 4.16. The van der Waals surface area contributed by atoms with Crippen molar-refractivity contribution in [1.29, 1.82) is 0 Å². The van der Waals surface area contributed by atoms with E-state index < -0.39 is 0 Å². The van der Waals surface area contributed by atoms with Crippen LogP contribution in [0.25, 0.3) is 0 Å². The molecule has 0 saturated heterocycles. The van der Waals surface area contributed by atoms with Gasteiger partial charge in [-0.15, -0.1) is 0 Å². The lowest BCUT2D eigenvalue weighted by Crippen LogP contribution is -2.19. The summed E-state index contributed by atoms with van der Waals surface area (Å²) in [5, 5.41) is 3.57. The maximum absolute atomic E-state index is 3.57. The van der Waals surface area contributed by atoms with Gasteiger partial charge in [0.15, 0.2) is 0 Å². The maximum atomic E-state index is 3.57. The van der Waals surface area contributed by atoms with Crippen LogP contribution in [-0.2, 0) is 0 Å². The maximum Gasteiger partial charge on any atom is 0.0291 e. The van der Waals surface area contributed by atoms with E-state index in [9.17, 15) is 0 Å². The molecule has 0 aromatic heterocycles. The average molecular weight is 219 g/mol. The number of nitrogens with one attached hydrogen (secondary N) is 1. The number of benzene rings is 1. The molecule has 0 radical (unpaired) electrons. The van der Waals surface area contributed by atoms with Gasteiger partial charge in [0.1, 0.15) is 0 Å². The van der Waals surface area contributed by atoms with Crippen molar-refractivity contribution in [3.05, 3.63) is 35.9 Å². The Bertz CT molecular complexity index is 266. The number of hydrogen-bond acceptors (Lipinski definition) is 1. The zero-order chi connectivity index (χ0) is 11.8. The van der Waals surface area contributed by atoms with E-state index in [4.69, 9.17) is 0 Å². The summed E-state index contributed by atoms with van der Waals surface area (Å²) >= 11 is 0. The van der Waals surface area contributed by atoms with E-state index in [1.54, 1.807) is 0 Å². The van der Waals surface area contributed by atoms with E-state index in [0.29, 0.717) is 6.04 Å². The van der Waals surface area contributed by atoms with Gasteiger partial charge in [-0.3, -0.25) is 0 Å². The zero-order valence-electron chi connectivity index (χ0n) is 10.9. The van der Waals surface area contributed by atoms with Gasteiger partial charge in [-0.2, -0.15) is 0 Å². The Balaban J connectivity index is 2.14. The quantitative estimate of drug-likeness (QED) is 0.679. The topological polar surface area (TPSA) is 12.0 Å². The Labute approximate surface area is 100 Å². The van der Waals surface area contributed by atoms with Crippen LogP contribution < -0.4 is 5.32 Å². The highest BCUT2D eigenvalue weighted by atomic mass is 14.9. The van der Waals surface area contributed by atoms with Crippen molar-refractivity contribution >= 4 is 0 Å². The molecule has 0 aliphatic rings. The van der Waals surface area contributed by atoms with E-state index >= 15 is 0 Å². The van der Waals surface area contributed by atoms with Crippen molar-refractivity contribution in [2.45, 2.75) is 46.1 Å². The smallest absolute Gasteiger partial charge is 0.0291 e. The van der Waals surface area contributed by atoms with Crippen LogP contribution in [0.15, 0.2) is 30.3 Å². The van der Waals surface area contributed by atoms with Crippen LogP contribution in [0.2, 0.25) is 0 Å². The molecule has 0 bridgehead atoms.